The van der Waals surface area contributed by atoms with Crippen LogP contribution in [0.3, 0.4) is 0 Å². The van der Waals surface area contributed by atoms with Crippen molar-refractivity contribution in [1.29, 1.82) is 0 Å². The van der Waals surface area contributed by atoms with E-state index in [1.165, 1.54) is 6.92 Å². The second-order valence-corrected chi connectivity index (χ2v) is 8.29. The fraction of sp³-hybridized carbons (Fsp3) is 0.727. The molecule has 19 heavy (non-hydrogen) atoms. The predicted molar refractivity (Wildman–Crippen MR) is 74.9 cm³/mol. The van der Waals surface area contributed by atoms with Gasteiger partial charge in [-0.15, -0.1) is 0 Å². The highest BCUT2D eigenvalue weighted by Crippen LogP contribution is 2.19. The molecule has 0 fully saturated rings. The monoisotopic (exact) mass is 308 g/mol. The number of aliphatic hydroxyl groups is 1. The van der Waals surface area contributed by atoms with Gasteiger partial charge in [-0.1, -0.05) is 25.2 Å². The van der Waals surface area contributed by atoms with Gasteiger partial charge < -0.3 is 10.1 Å². The summed E-state index contributed by atoms with van der Waals surface area (Å²) < 4.78 is 26.4. The van der Waals surface area contributed by atoms with E-state index in [9.17, 15) is 18.3 Å². The summed E-state index contributed by atoms with van der Waals surface area (Å²) in [6.07, 6.45) is 0.484. The van der Waals surface area contributed by atoms with Crippen molar-refractivity contribution in [2.75, 3.05) is 6.54 Å². The van der Waals surface area contributed by atoms with Crippen LogP contribution in [-0.2, 0) is 10.0 Å². The average molecular weight is 308 g/mol. The van der Waals surface area contributed by atoms with Crippen LogP contribution in [0.4, 0.5) is 0 Å². The molecule has 8 heteroatoms. The molecular weight excluding hydrogens is 288 g/mol. The molecule has 3 N–H and O–H groups in total. The van der Waals surface area contributed by atoms with E-state index in [-0.39, 0.29) is 16.7 Å². The van der Waals surface area contributed by atoms with Gasteiger partial charge in [0.15, 0.2) is 4.21 Å². The number of aromatic amines is 1. The first kappa shape index (κ1) is 16.4. The van der Waals surface area contributed by atoms with Crippen molar-refractivity contribution in [2.24, 2.45) is 5.92 Å². The van der Waals surface area contributed by atoms with Crippen LogP contribution in [0.2, 0.25) is 0 Å². The second kappa shape index (κ2) is 5.74. The minimum atomic E-state index is -3.76. The maximum Gasteiger partial charge on any atom is 0.305 e. The molecule has 0 saturated carbocycles. The average Bonchev–Trinajstić information content (AvgIpc) is 2.54. The zero-order valence-corrected chi connectivity index (χ0v) is 13.1. The molecule has 1 heterocycles. The van der Waals surface area contributed by atoms with E-state index < -0.39 is 20.5 Å². The normalized spacial score (nSPS) is 15.7. The van der Waals surface area contributed by atoms with Gasteiger partial charge >= 0.3 is 4.87 Å². The van der Waals surface area contributed by atoms with E-state index in [4.69, 9.17) is 0 Å². The zero-order chi connectivity index (χ0) is 14.8. The first-order chi connectivity index (χ1) is 8.53. The highest BCUT2D eigenvalue weighted by molar-refractivity contribution is 7.91. The van der Waals surface area contributed by atoms with E-state index in [0.29, 0.717) is 23.5 Å². The first-order valence-corrected chi connectivity index (χ1v) is 8.25. The minimum absolute atomic E-state index is 0.0298. The molecule has 6 nitrogen and oxygen atoms in total. The first-order valence-electron chi connectivity index (χ1n) is 5.95. The number of hydrogen-bond donors (Lipinski definition) is 3. The molecular formula is C11H20N2O4S2. The van der Waals surface area contributed by atoms with Gasteiger partial charge in [-0.25, -0.2) is 13.1 Å². The molecule has 0 bridgehead atoms. The Morgan fingerprint density at radius 2 is 2.05 bits per heavy atom. The summed E-state index contributed by atoms with van der Waals surface area (Å²) in [5.41, 5.74) is -0.804. The molecule has 0 amide bonds. The molecule has 1 aromatic rings. The predicted octanol–water partition coefficient (Wildman–Crippen LogP) is 0.820. The molecule has 1 aromatic heterocycles. The SMILES string of the molecule is Cc1[nH]c(=O)sc1S(=O)(=O)NCC(C)(O)CC(C)C. The molecule has 1 unspecified atom stereocenters. The number of H-pyrrole nitrogens is 1. The molecule has 0 spiro atoms. The second-order valence-electron chi connectivity index (χ2n) is 5.35. The summed E-state index contributed by atoms with van der Waals surface area (Å²) in [6, 6.07) is 0. The lowest BCUT2D eigenvalue weighted by Gasteiger charge is -2.25. The van der Waals surface area contributed by atoms with Crippen LogP contribution in [0.5, 0.6) is 0 Å². The molecule has 0 aliphatic rings. The lowest BCUT2D eigenvalue weighted by Crippen LogP contribution is -2.41. The summed E-state index contributed by atoms with van der Waals surface area (Å²) in [6.45, 7) is 6.93. The highest BCUT2D eigenvalue weighted by atomic mass is 32.2. The van der Waals surface area contributed by atoms with Gasteiger partial charge in [0, 0.05) is 12.2 Å². The summed E-state index contributed by atoms with van der Waals surface area (Å²) in [5, 5.41) is 10.1. The fourth-order valence-electron chi connectivity index (χ4n) is 1.91. The number of nitrogens with one attached hydrogen (secondary N) is 2. The maximum atomic E-state index is 12.0. The number of sulfonamides is 1. The summed E-state index contributed by atoms with van der Waals surface area (Å²) in [4.78, 5) is 13.1. The Labute approximate surface area is 116 Å². The van der Waals surface area contributed by atoms with Crippen LogP contribution in [0, 0.1) is 12.8 Å². The molecule has 0 saturated heterocycles. The third kappa shape index (κ3) is 4.72. The standard InChI is InChI=1S/C11H20N2O4S2/c1-7(2)5-11(4,15)6-12-19(16,17)9-8(3)13-10(14)18-9/h7,12,15H,5-6H2,1-4H3,(H,13,14). The highest BCUT2D eigenvalue weighted by Gasteiger charge is 2.27. The van der Waals surface area contributed by atoms with Gasteiger partial charge in [0.2, 0.25) is 0 Å². The van der Waals surface area contributed by atoms with Crippen LogP contribution >= 0.6 is 11.3 Å². The quantitative estimate of drug-likeness (QED) is 0.724. The Kier molecular flexibility index (Phi) is 4.94. The van der Waals surface area contributed by atoms with Crippen LogP contribution < -0.4 is 9.60 Å². The van der Waals surface area contributed by atoms with Gasteiger partial charge in [-0.05, 0) is 26.2 Å². The molecule has 0 aliphatic carbocycles. The third-order valence-corrected chi connectivity index (χ3v) is 5.52. The van der Waals surface area contributed by atoms with Gasteiger partial charge in [0.1, 0.15) is 0 Å². The van der Waals surface area contributed by atoms with Gasteiger partial charge in [-0.2, -0.15) is 0 Å². The largest absolute Gasteiger partial charge is 0.389 e. The van der Waals surface area contributed by atoms with Crippen LogP contribution in [0.25, 0.3) is 0 Å². The van der Waals surface area contributed by atoms with E-state index in [2.05, 4.69) is 9.71 Å². The van der Waals surface area contributed by atoms with Gasteiger partial charge in [0.05, 0.1) is 5.60 Å². The minimum Gasteiger partial charge on any atom is -0.389 e. The van der Waals surface area contributed by atoms with Crippen LogP contribution in [0.1, 0.15) is 32.9 Å². The molecule has 110 valence electrons. The van der Waals surface area contributed by atoms with E-state index in [0.717, 1.165) is 0 Å². The number of aromatic nitrogens is 1. The van der Waals surface area contributed by atoms with Crippen molar-refractivity contribution >= 4 is 21.4 Å². The van der Waals surface area contributed by atoms with Crippen LogP contribution in [0.15, 0.2) is 9.00 Å². The van der Waals surface area contributed by atoms with E-state index in [1.54, 1.807) is 6.92 Å². The fourth-order valence-corrected chi connectivity index (χ4v) is 4.42. The van der Waals surface area contributed by atoms with Crippen LogP contribution in [-0.4, -0.2) is 30.7 Å². The topological polar surface area (TPSA) is 99.3 Å². The molecule has 0 radical (unpaired) electrons. The Bertz CT molecular complexity index is 584. The van der Waals surface area contributed by atoms with Crippen molar-refractivity contribution in [3.63, 3.8) is 0 Å². The van der Waals surface area contributed by atoms with Crippen molar-refractivity contribution in [3.05, 3.63) is 15.4 Å². The van der Waals surface area contributed by atoms with Crippen molar-refractivity contribution < 1.29 is 13.5 Å². The molecule has 1 rings (SSSR count). The number of thiazole rings is 1. The number of hydrogen-bond acceptors (Lipinski definition) is 5. The Morgan fingerprint density at radius 1 is 1.47 bits per heavy atom. The van der Waals surface area contributed by atoms with Crippen molar-refractivity contribution in [2.45, 2.75) is 43.9 Å². The molecule has 0 aromatic carbocycles. The van der Waals surface area contributed by atoms with Crippen molar-refractivity contribution in [3.8, 4) is 0 Å². The van der Waals surface area contributed by atoms with Gasteiger partial charge in [0.25, 0.3) is 10.0 Å². The third-order valence-electron chi connectivity index (χ3n) is 2.52. The van der Waals surface area contributed by atoms with Crippen molar-refractivity contribution in [1.82, 2.24) is 9.71 Å². The van der Waals surface area contributed by atoms with Gasteiger partial charge in [-0.3, -0.25) is 4.79 Å². The zero-order valence-electron chi connectivity index (χ0n) is 11.5. The van der Waals surface area contributed by atoms with E-state index >= 15 is 0 Å². The number of rotatable bonds is 6. The summed E-state index contributed by atoms with van der Waals surface area (Å²) in [7, 11) is -3.76. The summed E-state index contributed by atoms with van der Waals surface area (Å²) >= 11 is 0.643. The maximum absolute atomic E-state index is 12.0. The Hall–Kier alpha value is -0.700. The smallest absolute Gasteiger partial charge is 0.305 e. The Balaban J connectivity index is 2.82. The Morgan fingerprint density at radius 3 is 2.47 bits per heavy atom. The number of aryl methyl sites for hydroxylation is 1. The summed E-state index contributed by atoms with van der Waals surface area (Å²) in [5.74, 6) is 0.254. The molecule has 0 aliphatic heterocycles. The lowest BCUT2D eigenvalue weighted by molar-refractivity contribution is 0.0437. The van der Waals surface area contributed by atoms with E-state index in [1.807, 2.05) is 13.8 Å². The lowest BCUT2D eigenvalue weighted by atomic mass is 9.95. The molecule has 1 atom stereocenters.